The molecular formula is C14H24N2O4S. The molecule has 0 radical (unpaired) electrons. The van der Waals surface area contributed by atoms with Crippen molar-refractivity contribution in [3.63, 3.8) is 0 Å². The average Bonchev–Trinajstić information content (AvgIpc) is 2.87. The number of hydrogen-bond acceptors (Lipinski definition) is 6. The van der Waals surface area contributed by atoms with Gasteiger partial charge in [0.25, 0.3) is 0 Å². The molecule has 0 bridgehead atoms. The number of aryl methyl sites for hydroxylation is 1. The topological polar surface area (TPSA) is 71.9 Å². The Kier molecular flexibility index (Phi) is 8.26. The summed E-state index contributed by atoms with van der Waals surface area (Å²) in [6.45, 7) is 4.74. The second-order valence-electron chi connectivity index (χ2n) is 4.65. The largest absolute Gasteiger partial charge is 0.477 e. The molecule has 1 aromatic rings. The summed E-state index contributed by atoms with van der Waals surface area (Å²) in [4.78, 5) is 18.3. The minimum atomic E-state index is -0.897. The number of aromatic nitrogens is 1. The second kappa shape index (κ2) is 9.70. The van der Waals surface area contributed by atoms with E-state index in [1.165, 1.54) is 11.3 Å². The monoisotopic (exact) mass is 316 g/mol. The average molecular weight is 316 g/mol. The lowest BCUT2D eigenvalue weighted by Gasteiger charge is -2.21. The summed E-state index contributed by atoms with van der Waals surface area (Å²) in [5.41, 5.74) is 0.680. The molecule has 1 rings (SSSR count). The maximum absolute atomic E-state index is 11.3. The van der Waals surface area contributed by atoms with E-state index < -0.39 is 5.97 Å². The predicted octanol–water partition coefficient (Wildman–Crippen LogP) is 2.28. The summed E-state index contributed by atoms with van der Waals surface area (Å²) in [5.74, 6) is -0.897. The zero-order valence-electron chi connectivity index (χ0n) is 12.9. The van der Waals surface area contributed by atoms with Crippen LogP contribution in [0.2, 0.25) is 0 Å². The highest BCUT2D eigenvalue weighted by molar-refractivity contribution is 7.17. The number of hydrogen-bond donors (Lipinski definition) is 1. The minimum absolute atomic E-state index is 0.348. The molecule has 1 N–H and O–H groups in total. The zero-order valence-corrected chi connectivity index (χ0v) is 13.7. The molecule has 0 unspecified atom stereocenters. The molecule has 0 aliphatic heterocycles. The van der Waals surface area contributed by atoms with Crippen LogP contribution in [0.1, 0.15) is 35.1 Å². The third-order valence-corrected chi connectivity index (χ3v) is 4.13. The molecule has 7 heteroatoms. The highest BCUT2D eigenvalue weighted by Crippen LogP contribution is 2.27. The number of thiazole rings is 1. The van der Waals surface area contributed by atoms with Crippen molar-refractivity contribution < 1.29 is 19.4 Å². The summed E-state index contributed by atoms with van der Waals surface area (Å²) >= 11 is 1.24. The van der Waals surface area contributed by atoms with Crippen molar-refractivity contribution in [2.75, 3.05) is 45.4 Å². The predicted molar refractivity (Wildman–Crippen MR) is 83.7 cm³/mol. The molecule has 0 amide bonds. The molecule has 0 aliphatic carbocycles. The fraction of sp³-hybridized carbons (Fsp3) is 0.714. The Morgan fingerprint density at radius 2 is 2.00 bits per heavy atom. The first-order chi connectivity index (χ1) is 10.1. The quantitative estimate of drug-likeness (QED) is 0.632. The number of methoxy groups -OCH3 is 2. The second-order valence-corrected chi connectivity index (χ2v) is 5.63. The van der Waals surface area contributed by atoms with Crippen molar-refractivity contribution >= 4 is 22.4 Å². The van der Waals surface area contributed by atoms with Gasteiger partial charge in [-0.25, -0.2) is 9.78 Å². The molecule has 0 saturated carbocycles. The fourth-order valence-corrected chi connectivity index (χ4v) is 2.96. The van der Waals surface area contributed by atoms with Gasteiger partial charge in [0, 0.05) is 33.9 Å². The highest BCUT2D eigenvalue weighted by Gasteiger charge is 2.20. The molecule has 0 spiro atoms. The standard InChI is InChI=1S/C14H24N2O4S/c1-4-6-11-12(13(17)18)21-14(15-11)16(8-10-20-3)7-5-9-19-2/h4-10H2,1-3H3,(H,17,18). The molecule has 0 saturated heterocycles. The van der Waals surface area contributed by atoms with Gasteiger partial charge >= 0.3 is 5.97 Å². The van der Waals surface area contributed by atoms with Crippen LogP contribution in [0.5, 0.6) is 0 Å². The summed E-state index contributed by atoms with van der Waals surface area (Å²) in [6.07, 6.45) is 2.44. The van der Waals surface area contributed by atoms with Gasteiger partial charge in [0.15, 0.2) is 5.13 Å². The Bertz CT molecular complexity index is 437. The first-order valence-electron chi connectivity index (χ1n) is 7.09. The maximum Gasteiger partial charge on any atom is 0.347 e. The summed E-state index contributed by atoms with van der Waals surface area (Å²) < 4.78 is 10.2. The summed E-state index contributed by atoms with van der Waals surface area (Å²) in [7, 11) is 3.32. The van der Waals surface area contributed by atoms with Crippen LogP contribution in [-0.2, 0) is 15.9 Å². The van der Waals surface area contributed by atoms with E-state index in [0.29, 0.717) is 36.8 Å². The van der Waals surface area contributed by atoms with E-state index in [1.807, 2.05) is 6.92 Å². The lowest BCUT2D eigenvalue weighted by atomic mass is 10.2. The molecule has 21 heavy (non-hydrogen) atoms. The van der Waals surface area contributed by atoms with Gasteiger partial charge in [0.05, 0.1) is 12.3 Å². The Labute approximate surface area is 129 Å². The number of rotatable bonds is 11. The normalized spacial score (nSPS) is 10.8. The molecule has 1 aromatic heterocycles. The van der Waals surface area contributed by atoms with E-state index in [2.05, 4.69) is 9.88 Å². The number of carbonyl (C=O) groups is 1. The Balaban J connectivity index is 2.88. The Hall–Kier alpha value is -1.18. The van der Waals surface area contributed by atoms with E-state index in [4.69, 9.17) is 9.47 Å². The van der Waals surface area contributed by atoms with Gasteiger partial charge in [-0.2, -0.15) is 0 Å². The van der Waals surface area contributed by atoms with E-state index in [1.54, 1.807) is 14.2 Å². The molecule has 1 heterocycles. The molecule has 0 aliphatic rings. The Morgan fingerprint density at radius 1 is 1.29 bits per heavy atom. The van der Waals surface area contributed by atoms with E-state index in [0.717, 1.165) is 24.5 Å². The molecule has 0 aromatic carbocycles. The first-order valence-corrected chi connectivity index (χ1v) is 7.91. The number of nitrogens with zero attached hydrogens (tertiary/aromatic N) is 2. The fourth-order valence-electron chi connectivity index (χ4n) is 1.95. The molecule has 6 nitrogen and oxygen atoms in total. The van der Waals surface area contributed by atoms with Crippen LogP contribution in [0.3, 0.4) is 0 Å². The van der Waals surface area contributed by atoms with Crippen molar-refractivity contribution in [1.29, 1.82) is 0 Å². The van der Waals surface area contributed by atoms with Gasteiger partial charge < -0.3 is 19.5 Å². The number of carboxylic acid groups (broad SMARTS) is 1. The van der Waals surface area contributed by atoms with Gasteiger partial charge in [0.2, 0.25) is 0 Å². The van der Waals surface area contributed by atoms with Gasteiger partial charge in [0.1, 0.15) is 4.88 Å². The third-order valence-electron chi connectivity index (χ3n) is 2.98. The number of anilines is 1. The number of aromatic carboxylic acids is 1. The molecular weight excluding hydrogens is 292 g/mol. The summed E-state index contributed by atoms with van der Waals surface area (Å²) in [6, 6.07) is 0. The minimum Gasteiger partial charge on any atom is -0.477 e. The maximum atomic E-state index is 11.3. The van der Waals surface area contributed by atoms with E-state index in [9.17, 15) is 9.90 Å². The van der Waals surface area contributed by atoms with E-state index in [-0.39, 0.29) is 0 Å². The van der Waals surface area contributed by atoms with Crippen molar-refractivity contribution in [3.8, 4) is 0 Å². The molecule has 0 atom stereocenters. The van der Waals surface area contributed by atoms with Crippen LogP contribution in [0, 0.1) is 0 Å². The van der Waals surface area contributed by atoms with Crippen LogP contribution >= 0.6 is 11.3 Å². The van der Waals surface area contributed by atoms with Crippen molar-refractivity contribution in [3.05, 3.63) is 10.6 Å². The van der Waals surface area contributed by atoms with Crippen molar-refractivity contribution in [2.45, 2.75) is 26.2 Å². The first kappa shape index (κ1) is 17.9. The van der Waals surface area contributed by atoms with Crippen LogP contribution in [-0.4, -0.2) is 56.6 Å². The van der Waals surface area contributed by atoms with Gasteiger partial charge in [-0.3, -0.25) is 0 Å². The van der Waals surface area contributed by atoms with Crippen LogP contribution in [0.15, 0.2) is 0 Å². The zero-order chi connectivity index (χ0) is 15.7. The SMILES string of the molecule is CCCc1nc(N(CCCOC)CCOC)sc1C(=O)O. The van der Waals surface area contributed by atoms with Crippen LogP contribution < -0.4 is 4.90 Å². The molecule has 0 fully saturated rings. The number of ether oxygens (including phenoxy) is 2. The van der Waals surface area contributed by atoms with Crippen LogP contribution in [0.25, 0.3) is 0 Å². The van der Waals surface area contributed by atoms with Gasteiger partial charge in [-0.1, -0.05) is 24.7 Å². The molecule has 120 valence electrons. The van der Waals surface area contributed by atoms with Gasteiger partial charge in [-0.15, -0.1) is 0 Å². The summed E-state index contributed by atoms with van der Waals surface area (Å²) in [5, 5.41) is 10.0. The third kappa shape index (κ3) is 5.61. The highest BCUT2D eigenvalue weighted by atomic mass is 32.1. The lowest BCUT2D eigenvalue weighted by molar-refractivity contribution is 0.0700. The van der Waals surface area contributed by atoms with Gasteiger partial charge in [-0.05, 0) is 12.8 Å². The van der Waals surface area contributed by atoms with E-state index >= 15 is 0 Å². The lowest BCUT2D eigenvalue weighted by Crippen LogP contribution is -2.28. The van der Waals surface area contributed by atoms with Crippen LogP contribution in [0.4, 0.5) is 5.13 Å². The van der Waals surface area contributed by atoms with Crippen molar-refractivity contribution in [2.24, 2.45) is 0 Å². The number of carboxylic acids is 1. The van der Waals surface area contributed by atoms with Crippen molar-refractivity contribution in [1.82, 2.24) is 4.98 Å². The Morgan fingerprint density at radius 3 is 2.57 bits per heavy atom. The smallest absolute Gasteiger partial charge is 0.347 e.